The summed E-state index contributed by atoms with van der Waals surface area (Å²) in [6.07, 6.45) is -11.2. The van der Waals surface area contributed by atoms with Crippen molar-refractivity contribution in [3.8, 4) is 0 Å². The zero-order valence-electron chi connectivity index (χ0n) is 26.6. The van der Waals surface area contributed by atoms with Crippen LogP contribution < -0.4 is 0 Å². The molecule has 45 heavy (non-hydrogen) atoms. The van der Waals surface area contributed by atoms with Crippen molar-refractivity contribution in [2.24, 2.45) is 17.3 Å². The molecule has 4 rings (SSSR count). The van der Waals surface area contributed by atoms with Crippen LogP contribution in [0.5, 0.6) is 0 Å². The third-order valence-electron chi connectivity index (χ3n) is 10.2. The van der Waals surface area contributed by atoms with Gasteiger partial charge in [0.1, 0.15) is 35.4 Å². The number of fused-ring (bicyclic) bond motifs is 1. The molecule has 0 amide bonds. The molecule has 3 N–H and O–H groups in total. The smallest absolute Gasteiger partial charge is 0.341 e. The van der Waals surface area contributed by atoms with Crippen LogP contribution in [-0.4, -0.2) is 110 Å². The monoisotopic (exact) mass is 662 g/mol. The minimum absolute atomic E-state index is 0.109. The quantitative estimate of drug-likeness (QED) is 0.155. The molecular weight excluding hydrogens is 620 g/mol. The summed E-state index contributed by atoms with van der Waals surface area (Å²) in [6.45, 7) is 10.7. The van der Waals surface area contributed by atoms with Crippen LogP contribution >= 0.6 is 11.6 Å². The number of carbonyl (C=O) groups excluding carboxylic acids is 5. The van der Waals surface area contributed by atoms with E-state index in [0.29, 0.717) is 6.42 Å². The molecule has 2 heterocycles. The number of carbonyl (C=O) groups is 5. The fraction of sp³-hybridized carbons (Fsp3) is 0.833. The minimum atomic E-state index is -2.42. The highest BCUT2D eigenvalue weighted by Gasteiger charge is 2.89. The van der Waals surface area contributed by atoms with Gasteiger partial charge in [0, 0.05) is 39.5 Å². The first-order valence-corrected chi connectivity index (χ1v) is 15.5. The van der Waals surface area contributed by atoms with E-state index in [9.17, 15) is 39.3 Å². The third-order valence-corrected chi connectivity index (χ3v) is 10.8. The first-order chi connectivity index (χ1) is 20.7. The van der Waals surface area contributed by atoms with Crippen molar-refractivity contribution in [2.75, 3.05) is 0 Å². The van der Waals surface area contributed by atoms with E-state index in [-0.39, 0.29) is 12.8 Å². The molecule has 1 spiro atoms. The molecule has 0 bridgehead atoms. The first kappa shape index (κ1) is 35.3. The molecule has 2 saturated carbocycles. The first-order valence-electron chi connectivity index (χ1n) is 15.1. The SMILES string of the molecule is CCCC(=O)OC1C(O)C(OC(C)=O)C2(C)C(OC(C)=O)CC(O)C(C)C2C(OC(C)=O)C23OC2(C)C(=O)OC3C(Cl)C1(C)O. The maximum atomic E-state index is 13.3. The number of esters is 5. The Morgan fingerprint density at radius 3 is 2.00 bits per heavy atom. The molecule has 14 nitrogen and oxygen atoms in total. The van der Waals surface area contributed by atoms with Gasteiger partial charge in [-0.2, -0.15) is 0 Å². The van der Waals surface area contributed by atoms with E-state index in [0.717, 1.165) is 27.7 Å². The normalized spacial score (nSPS) is 47.2. The lowest BCUT2D eigenvalue weighted by Gasteiger charge is -2.58. The van der Waals surface area contributed by atoms with Crippen LogP contribution in [-0.2, 0) is 52.4 Å². The summed E-state index contributed by atoms with van der Waals surface area (Å²) in [5.74, 6) is -6.26. The average molecular weight is 663 g/mol. The van der Waals surface area contributed by atoms with E-state index in [1.54, 1.807) is 13.8 Å². The third kappa shape index (κ3) is 5.39. The van der Waals surface area contributed by atoms with Crippen LogP contribution in [0.1, 0.15) is 74.7 Å². The summed E-state index contributed by atoms with van der Waals surface area (Å²) in [5.41, 5.74) is -7.83. The summed E-state index contributed by atoms with van der Waals surface area (Å²) in [7, 11) is 0. The summed E-state index contributed by atoms with van der Waals surface area (Å²) < 4.78 is 34.9. The van der Waals surface area contributed by atoms with E-state index in [1.165, 1.54) is 13.8 Å². The van der Waals surface area contributed by atoms with E-state index >= 15 is 0 Å². The predicted octanol–water partition coefficient (Wildman–Crippen LogP) is 0.703. The standard InChI is InChI=1S/C30H43ClO14/c1-9-10-18(36)43-24-20(37)23(42-15(5)34)27(6)17(40-13(3)32)11-16(35)12(2)19(27)22(41-14(4)33)30-25(21(31)28(24,7)39)44-26(38)29(30,8)45-30/h12,16-17,19-25,35,37,39H,9-11H2,1-8H3. The van der Waals surface area contributed by atoms with Gasteiger partial charge in [0.05, 0.1) is 11.5 Å². The number of aliphatic hydroxyl groups excluding tert-OH is 2. The van der Waals surface area contributed by atoms with Gasteiger partial charge in [0.2, 0.25) is 0 Å². The Hall–Kier alpha value is -2.52. The van der Waals surface area contributed by atoms with Crippen molar-refractivity contribution >= 4 is 41.4 Å². The van der Waals surface area contributed by atoms with Gasteiger partial charge in [-0.25, -0.2) is 4.79 Å². The summed E-state index contributed by atoms with van der Waals surface area (Å²) in [6, 6.07) is 0. The number of epoxide rings is 1. The van der Waals surface area contributed by atoms with Crippen molar-refractivity contribution in [2.45, 2.75) is 140 Å². The van der Waals surface area contributed by atoms with E-state index < -0.39 is 112 Å². The van der Waals surface area contributed by atoms with Gasteiger partial charge < -0.3 is 43.7 Å². The maximum Gasteiger partial charge on any atom is 0.341 e. The Kier molecular flexibility index (Phi) is 9.37. The molecule has 4 fully saturated rings. The molecule has 14 unspecified atom stereocenters. The van der Waals surface area contributed by atoms with Crippen molar-refractivity contribution < 1.29 is 67.7 Å². The zero-order chi connectivity index (χ0) is 34.0. The van der Waals surface area contributed by atoms with Gasteiger partial charge in [-0.3, -0.25) is 19.2 Å². The number of hydrogen-bond acceptors (Lipinski definition) is 14. The van der Waals surface area contributed by atoms with Crippen LogP contribution in [0.4, 0.5) is 0 Å². The van der Waals surface area contributed by atoms with E-state index in [4.69, 9.17) is 40.0 Å². The number of hydrogen-bond donors (Lipinski definition) is 3. The summed E-state index contributed by atoms with van der Waals surface area (Å²) in [5, 5.41) is 33.9. The maximum absolute atomic E-state index is 13.3. The van der Waals surface area contributed by atoms with Crippen molar-refractivity contribution in [1.29, 1.82) is 0 Å². The van der Waals surface area contributed by atoms with Crippen molar-refractivity contribution in [3.05, 3.63) is 0 Å². The number of aliphatic hydroxyl groups is 3. The summed E-state index contributed by atoms with van der Waals surface area (Å²) in [4.78, 5) is 64.2. The molecule has 2 aliphatic carbocycles. The van der Waals surface area contributed by atoms with Gasteiger partial charge in [0.25, 0.3) is 0 Å². The molecule has 14 atom stereocenters. The Balaban J connectivity index is 2.10. The molecule has 0 aromatic heterocycles. The van der Waals surface area contributed by atoms with Crippen LogP contribution in [0.15, 0.2) is 0 Å². The lowest BCUT2D eigenvalue weighted by molar-refractivity contribution is -0.266. The van der Waals surface area contributed by atoms with Gasteiger partial charge in [0.15, 0.2) is 23.4 Å². The lowest BCUT2D eigenvalue weighted by atomic mass is 9.52. The second kappa shape index (κ2) is 11.9. The predicted molar refractivity (Wildman–Crippen MR) is 151 cm³/mol. The fourth-order valence-electron chi connectivity index (χ4n) is 7.90. The molecular formula is C30H43ClO14. The zero-order valence-corrected chi connectivity index (χ0v) is 27.4. The molecule has 2 aliphatic heterocycles. The molecule has 254 valence electrons. The van der Waals surface area contributed by atoms with E-state index in [1.807, 2.05) is 0 Å². The highest BCUT2D eigenvalue weighted by atomic mass is 35.5. The van der Waals surface area contributed by atoms with Gasteiger partial charge >= 0.3 is 29.8 Å². The highest BCUT2D eigenvalue weighted by Crippen LogP contribution is 2.67. The minimum Gasteiger partial charge on any atom is -0.462 e. The molecule has 2 saturated heterocycles. The van der Waals surface area contributed by atoms with E-state index in [2.05, 4.69) is 0 Å². The van der Waals surface area contributed by atoms with Crippen LogP contribution in [0.2, 0.25) is 0 Å². The number of halogens is 1. The molecule has 4 aliphatic rings. The molecule has 0 aromatic carbocycles. The Bertz CT molecular complexity index is 1240. The van der Waals surface area contributed by atoms with Crippen LogP contribution in [0, 0.1) is 17.3 Å². The van der Waals surface area contributed by atoms with Crippen LogP contribution in [0.3, 0.4) is 0 Å². The molecule has 15 heteroatoms. The van der Waals surface area contributed by atoms with Crippen molar-refractivity contribution in [3.63, 3.8) is 0 Å². The molecule has 0 aromatic rings. The lowest BCUT2D eigenvalue weighted by Crippen LogP contribution is -2.73. The number of alkyl halides is 1. The topological polar surface area (TPSA) is 205 Å². The molecule has 0 radical (unpaired) electrons. The van der Waals surface area contributed by atoms with Gasteiger partial charge in [-0.05, 0) is 26.2 Å². The number of rotatable bonds is 6. The largest absolute Gasteiger partial charge is 0.462 e. The van der Waals surface area contributed by atoms with Gasteiger partial charge in [-0.1, -0.05) is 20.8 Å². The van der Waals surface area contributed by atoms with Crippen molar-refractivity contribution in [1.82, 2.24) is 0 Å². The fourth-order valence-corrected chi connectivity index (χ4v) is 8.26. The average Bonchev–Trinajstić information content (AvgIpc) is 3.50. The highest BCUT2D eigenvalue weighted by molar-refractivity contribution is 6.22. The second-order valence-corrected chi connectivity index (χ2v) is 13.7. The Morgan fingerprint density at radius 2 is 1.49 bits per heavy atom. The Morgan fingerprint density at radius 1 is 0.933 bits per heavy atom. The summed E-state index contributed by atoms with van der Waals surface area (Å²) >= 11 is 6.93. The Labute approximate surface area is 265 Å². The van der Waals surface area contributed by atoms with Crippen LogP contribution in [0.25, 0.3) is 0 Å². The van der Waals surface area contributed by atoms with Gasteiger partial charge in [-0.15, -0.1) is 11.6 Å². The number of ether oxygens (including phenoxy) is 6. The second-order valence-electron chi connectivity index (χ2n) is 13.2.